The molecule has 0 unspecified atom stereocenters. The lowest BCUT2D eigenvalue weighted by Crippen LogP contribution is -2.34. The minimum absolute atomic E-state index is 0.0244. The number of halogens is 1. The number of nitrogens with zero attached hydrogens (tertiary/aromatic N) is 2. The molecule has 0 aliphatic carbocycles. The molecule has 1 amide bonds. The van der Waals surface area contributed by atoms with Crippen LogP contribution in [0.25, 0.3) is 0 Å². The fourth-order valence-corrected chi connectivity index (χ4v) is 2.73. The van der Waals surface area contributed by atoms with Crippen molar-refractivity contribution in [1.29, 1.82) is 0 Å². The van der Waals surface area contributed by atoms with E-state index in [9.17, 15) is 14.9 Å². The van der Waals surface area contributed by atoms with Crippen molar-refractivity contribution in [2.24, 2.45) is 0 Å². The molecule has 0 saturated carbocycles. The van der Waals surface area contributed by atoms with Crippen LogP contribution in [-0.2, 0) is 17.8 Å². The van der Waals surface area contributed by atoms with Crippen molar-refractivity contribution in [3.8, 4) is 0 Å². The van der Waals surface area contributed by atoms with Gasteiger partial charge in [-0.25, -0.2) is 0 Å². The fraction of sp³-hybridized carbons (Fsp3) is 0.188. The molecule has 1 aliphatic rings. The molecule has 0 aromatic heterocycles. The molecule has 0 bridgehead atoms. The van der Waals surface area contributed by atoms with Crippen molar-refractivity contribution in [2.45, 2.75) is 19.4 Å². The van der Waals surface area contributed by atoms with Gasteiger partial charge in [0, 0.05) is 29.3 Å². The third kappa shape index (κ3) is 2.80. The van der Waals surface area contributed by atoms with Crippen molar-refractivity contribution in [2.75, 3.05) is 4.90 Å². The number of aryl methyl sites for hydroxylation is 1. The Balaban J connectivity index is 1.93. The number of hydrogen-bond acceptors (Lipinski definition) is 3. The lowest BCUT2D eigenvalue weighted by atomic mass is 9.99. The number of fused-ring (bicyclic) bond motifs is 1. The molecule has 1 heterocycles. The van der Waals surface area contributed by atoms with E-state index < -0.39 is 4.92 Å². The van der Waals surface area contributed by atoms with Crippen LogP contribution in [0.5, 0.6) is 0 Å². The highest BCUT2D eigenvalue weighted by molar-refractivity contribution is 6.30. The molecule has 0 spiro atoms. The lowest BCUT2D eigenvalue weighted by Gasteiger charge is -2.29. The summed E-state index contributed by atoms with van der Waals surface area (Å²) in [6, 6.07) is 11.9. The van der Waals surface area contributed by atoms with Gasteiger partial charge in [-0.15, -0.1) is 0 Å². The number of benzene rings is 2. The van der Waals surface area contributed by atoms with E-state index in [-0.39, 0.29) is 11.6 Å². The molecule has 3 rings (SSSR count). The third-order valence-corrected chi connectivity index (χ3v) is 3.98. The van der Waals surface area contributed by atoms with Crippen LogP contribution in [0.4, 0.5) is 11.4 Å². The smallest absolute Gasteiger partial charge is 0.269 e. The Kier molecular flexibility index (Phi) is 3.81. The summed E-state index contributed by atoms with van der Waals surface area (Å²) in [6.07, 6.45) is 0.898. The zero-order valence-corrected chi connectivity index (χ0v) is 12.4. The van der Waals surface area contributed by atoms with Gasteiger partial charge in [0.2, 0.25) is 5.91 Å². The summed E-state index contributed by atoms with van der Waals surface area (Å²) in [4.78, 5) is 24.3. The van der Waals surface area contributed by atoms with Crippen LogP contribution in [0.1, 0.15) is 17.5 Å². The molecule has 22 heavy (non-hydrogen) atoms. The number of carbonyl (C=O) groups is 1. The average Bonchev–Trinajstić information content (AvgIpc) is 2.51. The van der Waals surface area contributed by atoms with E-state index in [0.717, 1.165) is 16.8 Å². The van der Waals surface area contributed by atoms with Crippen molar-refractivity contribution in [1.82, 2.24) is 0 Å². The second kappa shape index (κ2) is 5.77. The number of nitro groups is 1. The van der Waals surface area contributed by atoms with E-state index in [1.54, 1.807) is 29.2 Å². The molecule has 0 N–H and O–H groups in total. The van der Waals surface area contributed by atoms with Gasteiger partial charge < -0.3 is 4.90 Å². The molecule has 5 nitrogen and oxygen atoms in total. The standard InChI is InChI=1S/C16H13ClN2O3/c17-13-4-1-11(2-5-13)10-18-15-7-6-14(19(21)22)9-12(15)3-8-16(18)20/h1-2,4-7,9H,3,8,10H2. The van der Waals surface area contributed by atoms with Crippen LogP contribution in [0, 0.1) is 10.1 Å². The average molecular weight is 317 g/mol. The first kappa shape index (κ1) is 14.5. The summed E-state index contributed by atoms with van der Waals surface area (Å²) < 4.78 is 0. The van der Waals surface area contributed by atoms with Crippen LogP contribution in [0.15, 0.2) is 42.5 Å². The number of non-ortho nitro benzene ring substituents is 1. The van der Waals surface area contributed by atoms with Gasteiger partial charge in [-0.1, -0.05) is 23.7 Å². The first-order chi connectivity index (χ1) is 10.5. The van der Waals surface area contributed by atoms with Gasteiger partial charge in [-0.3, -0.25) is 14.9 Å². The maximum Gasteiger partial charge on any atom is 0.269 e. The molecule has 0 atom stereocenters. The number of anilines is 1. The molecule has 112 valence electrons. The van der Waals surface area contributed by atoms with Gasteiger partial charge >= 0.3 is 0 Å². The zero-order valence-electron chi connectivity index (χ0n) is 11.7. The van der Waals surface area contributed by atoms with Crippen molar-refractivity contribution in [3.05, 3.63) is 68.7 Å². The van der Waals surface area contributed by atoms with Gasteiger partial charge in [0.1, 0.15) is 0 Å². The SMILES string of the molecule is O=C1CCc2cc([N+](=O)[O-])ccc2N1Cc1ccc(Cl)cc1. The van der Waals surface area contributed by atoms with E-state index >= 15 is 0 Å². The predicted octanol–water partition coefficient (Wildman–Crippen LogP) is 3.73. The Labute approximate surface area is 132 Å². The van der Waals surface area contributed by atoms with Crippen molar-refractivity contribution in [3.63, 3.8) is 0 Å². The number of amides is 1. The number of hydrogen-bond donors (Lipinski definition) is 0. The van der Waals surface area contributed by atoms with Gasteiger partial charge in [0.25, 0.3) is 5.69 Å². The van der Waals surface area contributed by atoms with Crippen LogP contribution >= 0.6 is 11.6 Å². The van der Waals surface area contributed by atoms with E-state index in [2.05, 4.69) is 0 Å². The summed E-state index contributed by atoms with van der Waals surface area (Å²) in [6.45, 7) is 0.431. The molecule has 1 aliphatic heterocycles. The van der Waals surface area contributed by atoms with Crippen LogP contribution in [0.3, 0.4) is 0 Å². The molecular weight excluding hydrogens is 304 g/mol. The first-order valence-corrected chi connectivity index (χ1v) is 7.24. The van der Waals surface area contributed by atoms with Gasteiger partial charge in [0.15, 0.2) is 0 Å². The normalized spacial score (nSPS) is 13.9. The predicted molar refractivity (Wildman–Crippen MR) is 84.1 cm³/mol. The maximum atomic E-state index is 12.2. The van der Waals surface area contributed by atoms with Gasteiger partial charge in [-0.05, 0) is 35.7 Å². The van der Waals surface area contributed by atoms with Gasteiger partial charge in [0.05, 0.1) is 11.5 Å². The van der Waals surface area contributed by atoms with E-state index in [1.165, 1.54) is 6.07 Å². The topological polar surface area (TPSA) is 63.4 Å². The monoisotopic (exact) mass is 316 g/mol. The Morgan fingerprint density at radius 3 is 2.55 bits per heavy atom. The summed E-state index contributed by atoms with van der Waals surface area (Å²) in [5.41, 5.74) is 2.60. The second-order valence-corrected chi connectivity index (χ2v) is 5.61. The van der Waals surface area contributed by atoms with E-state index in [1.807, 2.05) is 12.1 Å². The minimum atomic E-state index is -0.416. The lowest BCUT2D eigenvalue weighted by molar-refractivity contribution is -0.384. The molecule has 0 saturated heterocycles. The van der Waals surface area contributed by atoms with Crippen molar-refractivity contribution >= 4 is 28.9 Å². The molecule has 0 radical (unpaired) electrons. The highest BCUT2D eigenvalue weighted by Crippen LogP contribution is 2.32. The first-order valence-electron chi connectivity index (χ1n) is 6.87. The third-order valence-electron chi connectivity index (χ3n) is 3.73. The molecule has 0 fully saturated rings. The van der Waals surface area contributed by atoms with E-state index in [0.29, 0.717) is 24.4 Å². The molecule has 2 aromatic carbocycles. The largest absolute Gasteiger partial charge is 0.308 e. The summed E-state index contributed by atoms with van der Waals surface area (Å²) in [5, 5.41) is 11.5. The zero-order chi connectivity index (χ0) is 15.7. The number of nitro benzene ring substituents is 1. The Bertz CT molecular complexity index is 744. The minimum Gasteiger partial charge on any atom is -0.308 e. The van der Waals surface area contributed by atoms with Gasteiger partial charge in [-0.2, -0.15) is 0 Å². The number of carbonyl (C=O) groups excluding carboxylic acids is 1. The van der Waals surface area contributed by atoms with Crippen molar-refractivity contribution < 1.29 is 9.72 Å². The molecule has 2 aromatic rings. The van der Waals surface area contributed by atoms with Crippen LogP contribution < -0.4 is 4.90 Å². The second-order valence-electron chi connectivity index (χ2n) is 5.18. The maximum absolute atomic E-state index is 12.2. The molecule has 6 heteroatoms. The Morgan fingerprint density at radius 2 is 1.86 bits per heavy atom. The van der Waals surface area contributed by atoms with Crippen LogP contribution in [-0.4, -0.2) is 10.8 Å². The summed E-state index contributed by atoms with van der Waals surface area (Å²) in [7, 11) is 0. The summed E-state index contributed by atoms with van der Waals surface area (Å²) >= 11 is 5.87. The highest BCUT2D eigenvalue weighted by atomic mass is 35.5. The fourth-order valence-electron chi connectivity index (χ4n) is 2.61. The Hall–Kier alpha value is -2.40. The Morgan fingerprint density at radius 1 is 1.14 bits per heavy atom. The number of rotatable bonds is 3. The molecular formula is C16H13ClN2O3. The van der Waals surface area contributed by atoms with Crippen LogP contribution in [0.2, 0.25) is 5.02 Å². The highest BCUT2D eigenvalue weighted by Gasteiger charge is 2.25. The summed E-state index contributed by atoms with van der Waals surface area (Å²) in [5.74, 6) is 0.0244. The quantitative estimate of drug-likeness (QED) is 0.640. The van der Waals surface area contributed by atoms with E-state index in [4.69, 9.17) is 11.6 Å².